The van der Waals surface area contributed by atoms with Gasteiger partial charge in [0, 0.05) is 24.2 Å². The normalized spacial score (nSPS) is 10.1. The van der Waals surface area contributed by atoms with Crippen molar-refractivity contribution in [2.24, 2.45) is 0 Å². The van der Waals surface area contributed by atoms with Gasteiger partial charge in [0.05, 0.1) is 5.56 Å². The van der Waals surface area contributed by atoms with Gasteiger partial charge in [-0.2, -0.15) is 0 Å². The molecule has 16 heavy (non-hydrogen) atoms. The summed E-state index contributed by atoms with van der Waals surface area (Å²) in [6.07, 6.45) is 4.02. The quantitative estimate of drug-likeness (QED) is 0.805. The summed E-state index contributed by atoms with van der Waals surface area (Å²) in [5.74, 6) is -0.644. The van der Waals surface area contributed by atoms with Crippen molar-refractivity contribution in [1.29, 1.82) is 0 Å². The van der Waals surface area contributed by atoms with E-state index in [-0.39, 0.29) is 5.56 Å². The number of aromatic nitrogens is 3. The molecule has 0 radical (unpaired) electrons. The molecule has 0 saturated carbocycles. The molecule has 5 nitrogen and oxygen atoms in total. The van der Waals surface area contributed by atoms with Crippen LogP contribution in [-0.4, -0.2) is 26.0 Å². The van der Waals surface area contributed by atoms with Crippen LogP contribution in [0.15, 0.2) is 30.7 Å². The number of halogens is 1. The summed E-state index contributed by atoms with van der Waals surface area (Å²) in [6, 6.07) is 3.33. The Balaban J connectivity index is 2.34. The highest BCUT2D eigenvalue weighted by atomic mass is 35.5. The van der Waals surface area contributed by atoms with Gasteiger partial charge in [-0.1, -0.05) is 11.6 Å². The first-order valence-corrected chi connectivity index (χ1v) is 4.72. The van der Waals surface area contributed by atoms with Crippen LogP contribution in [-0.2, 0) is 0 Å². The van der Waals surface area contributed by atoms with Crippen molar-refractivity contribution in [2.45, 2.75) is 0 Å². The first-order valence-electron chi connectivity index (χ1n) is 4.34. The number of pyridine rings is 1. The zero-order chi connectivity index (χ0) is 11.5. The molecule has 2 aromatic rings. The standard InChI is InChI=1S/C10H6ClN3O2/c11-8-2-1-6(3-12-8)9-13-4-7(5-14-9)10(15)16/h1-5H,(H,15,16). The number of hydrogen-bond donors (Lipinski definition) is 1. The van der Waals surface area contributed by atoms with Crippen LogP contribution in [0.4, 0.5) is 0 Å². The van der Waals surface area contributed by atoms with Crippen molar-refractivity contribution in [3.63, 3.8) is 0 Å². The molecule has 0 unspecified atom stereocenters. The molecule has 2 rings (SSSR count). The Morgan fingerprint density at radius 2 is 1.81 bits per heavy atom. The Labute approximate surface area is 95.8 Å². The van der Waals surface area contributed by atoms with E-state index in [9.17, 15) is 4.79 Å². The molecule has 0 aliphatic carbocycles. The Kier molecular flexibility index (Phi) is 2.78. The lowest BCUT2D eigenvalue weighted by atomic mass is 10.2. The number of carboxylic acids is 1. The molecule has 2 aromatic heterocycles. The van der Waals surface area contributed by atoms with E-state index in [1.165, 1.54) is 18.6 Å². The van der Waals surface area contributed by atoms with Gasteiger partial charge >= 0.3 is 5.97 Å². The van der Waals surface area contributed by atoms with E-state index < -0.39 is 5.97 Å². The van der Waals surface area contributed by atoms with Gasteiger partial charge in [0.1, 0.15) is 5.15 Å². The zero-order valence-corrected chi connectivity index (χ0v) is 8.72. The average molecular weight is 236 g/mol. The second-order valence-corrected chi connectivity index (χ2v) is 3.36. The molecule has 0 atom stereocenters. The molecule has 0 aromatic carbocycles. The van der Waals surface area contributed by atoms with Crippen LogP contribution in [0, 0.1) is 0 Å². The van der Waals surface area contributed by atoms with Gasteiger partial charge in [0.2, 0.25) is 0 Å². The lowest BCUT2D eigenvalue weighted by Gasteiger charge is -1.99. The third-order valence-electron chi connectivity index (χ3n) is 1.88. The molecule has 0 amide bonds. The van der Waals surface area contributed by atoms with E-state index in [0.29, 0.717) is 16.5 Å². The largest absolute Gasteiger partial charge is 0.478 e. The van der Waals surface area contributed by atoms with Gasteiger partial charge in [0.15, 0.2) is 5.82 Å². The molecular weight excluding hydrogens is 230 g/mol. The van der Waals surface area contributed by atoms with Crippen molar-refractivity contribution in [2.75, 3.05) is 0 Å². The molecule has 0 aliphatic rings. The van der Waals surface area contributed by atoms with E-state index in [2.05, 4.69) is 15.0 Å². The van der Waals surface area contributed by atoms with Gasteiger partial charge in [-0.25, -0.2) is 19.7 Å². The molecule has 0 aliphatic heterocycles. The first-order chi connectivity index (χ1) is 7.66. The summed E-state index contributed by atoms with van der Waals surface area (Å²) in [5.41, 5.74) is 0.729. The lowest BCUT2D eigenvalue weighted by molar-refractivity contribution is 0.0696. The van der Waals surface area contributed by atoms with Crippen molar-refractivity contribution in [3.05, 3.63) is 41.4 Å². The van der Waals surface area contributed by atoms with Crippen molar-refractivity contribution in [1.82, 2.24) is 15.0 Å². The fraction of sp³-hybridized carbons (Fsp3) is 0. The van der Waals surface area contributed by atoms with Gasteiger partial charge in [-0.3, -0.25) is 0 Å². The number of rotatable bonds is 2. The second-order valence-electron chi connectivity index (χ2n) is 2.97. The molecule has 0 spiro atoms. The van der Waals surface area contributed by atoms with E-state index in [4.69, 9.17) is 16.7 Å². The number of carboxylic acid groups (broad SMARTS) is 1. The predicted molar refractivity (Wildman–Crippen MR) is 57.2 cm³/mol. The Morgan fingerprint density at radius 3 is 2.31 bits per heavy atom. The molecule has 0 bridgehead atoms. The highest BCUT2D eigenvalue weighted by molar-refractivity contribution is 6.29. The monoisotopic (exact) mass is 235 g/mol. The van der Waals surface area contributed by atoms with Crippen LogP contribution in [0.1, 0.15) is 10.4 Å². The summed E-state index contributed by atoms with van der Waals surface area (Å²) < 4.78 is 0. The minimum Gasteiger partial charge on any atom is -0.478 e. The van der Waals surface area contributed by atoms with Crippen LogP contribution in [0.2, 0.25) is 5.15 Å². The minimum atomic E-state index is -1.05. The van der Waals surface area contributed by atoms with Crippen LogP contribution in [0.3, 0.4) is 0 Å². The maximum Gasteiger partial charge on any atom is 0.338 e. The second kappa shape index (κ2) is 4.24. The van der Waals surface area contributed by atoms with Crippen LogP contribution in [0.5, 0.6) is 0 Å². The highest BCUT2D eigenvalue weighted by Gasteiger charge is 2.05. The highest BCUT2D eigenvalue weighted by Crippen LogP contribution is 2.14. The molecule has 80 valence electrons. The molecule has 2 heterocycles. The van der Waals surface area contributed by atoms with E-state index in [1.807, 2.05) is 0 Å². The summed E-state index contributed by atoms with van der Waals surface area (Å²) in [4.78, 5) is 22.3. The summed E-state index contributed by atoms with van der Waals surface area (Å²) in [6.45, 7) is 0. The van der Waals surface area contributed by atoms with Crippen LogP contribution < -0.4 is 0 Å². The van der Waals surface area contributed by atoms with Gasteiger partial charge in [-0.15, -0.1) is 0 Å². The van der Waals surface area contributed by atoms with E-state index >= 15 is 0 Å². The van der Waals surface area contributed by atoms with Crippen molar-refractivity contribution >= 4 is 17.6 Å². The van der Waals surface area contributed by atoms with Gasteiger partial charge in [-0.05, 0) is 12.1 Å². The number of nitrogens with zero attached hydrogens (tertiary/aromatic N) is 3. The average Bonchev–Trinajstić information content (AvgIpc) is 2.30. The number of aromatic carboxylic acids is 1. The third kappa shape index (κ3) is 2.14. The van der Waals surface area contributed by atoms with Gasteiger partial charge < -0.3 is 5.11 Å². The molecule has 6 heteroatoms. The topological polar surface area (TPSA) is 76.0 Å². The fourth-order valence-corrected chi connectivity index (χ4v) is 1.21. The Hall–Kier alpha value is -2.01. The minimum absolute atomic E-state index is 0.0469. The smallest absolute Gasteiger partial charge is 0.338 e. The zero-order valence-electron chi connectivity index (χ0n) is 7.96. The van der Waals surface area contributed by atoms with Crippen molar-refractivity contribution < 1.29 is 9.90 Å². The van der Waals surface area contributed by atoms with Crippen LogP contribution in [0.25, 0.3) is 11.4 Å². The first kappa shape index (κ1) is 10.5. The number of carbonyl (C=O) groups is 1. The molecular formula is C10H6ClN3O2. The van der Waals surface area contributed by atoms with Gasteiger partial charge in [0.25, 0.3) is 0 Å². The molecule has 0 fully saturated rings. The third-order valence-corrected chi connectivity index (χ3v) is 2.11. The molecule has 1 N–H and O–H groups in total. The fourth-order valence-electron chi connectivity index (χ4n) is 1.10. The molecule has 0 saturated heterocycles. The van der Waals surface area contributed by atoms with E-state index in [1.54, 1.807) is 12.1 Å². The summed E-state index contributed by atoms with van der Waals surface area (Å²) in [5, 5.41) is 9.05. The Morgan fingerprint density at radius 1 is 1.12 bits per heavy atom. The Bertz CT molecular complexity index is 511. The van der Waals surface area contributed by atoms with Crippen LogP contribution >= 0.6 is 11.6 Å². The van der Waals surface area contributed by atoms with E-state index in [0.717, 1.165) is 0 Å². The maximum absolute atomic E-state index is 10.6. The predicted octanol–water partition coefficient (Wildman–Crippen LogP) is 1.89. The number of hydrogen-bond acceptors (Lipinski definition) is 4. The maximum atomic E-state index is 10.6. The summed E-state index contributed by atoms with van der Waals surface area (Å²) in [7, 11) is 0. The SMILES string of the molecule is O=C(O)c1cnc(-c2ccc(Cl)nc2)nc1. The summed E-state index contributed by atoms with van der Waals surface area (Å²) >= 11 is 5.64. The van der Waals surface area contributed by atoms with Crippen molar-refractivity contribution in [3.8, 4) is 11.4 Å². The lowest BCUT2D eigenvalue weighted by Crippen LogP contribution is -1.99.